The first-order valence-electron chi connectivity index (χ1n) is 9.42. The van der Waals surface area contributed by atoms with Crippen molar-refractivity contribution in [2.75, 3.05) is 20.3 Å². The first-order chi connectivity index (χ1) is 14.3. The monoisotopic (exact) mass is 422 g/mol. The van der Waals surface area contributed by atoms with Gasteiger partial charge in [0.1, 0.15) is 22.9 Å². The van der Waals surface area contributed by atoms with E-state index in [9.17, 15) is 23.2 Å². The number of nitrogens with zero attached hydrogens (tertiary/aromatic N) is 1. The van der Waals surface area contributed by atoms with E-state index in [0.717, 1.165) is 12.5 Å². The molecule has 1 amide bonds. The molecule has 0 radical (unpaired) electrons. The van der Waals surface area contributed by atoms with E-state index in [4.69, 9.17) is 9.47 Å². The van der Waals surface area contributed by atoms with Crippen molar-refractivity contribution >= 4 is 12.2 Å². The van der Waals surface area contributed by atoms with E-state index in [1.54, 1.807) is 6.92 Å². The normalized spacial score (nSPS) is 11.8. The van der Waals surface area contributed by atoms with Crippen LogP contribution in [0.25, 0.3) is 0 Å². The highest BCUT2D eigenvalue weighted by atomic mass is 19.1. The molecule has 1 unspecified atom stereocenters. The number of methoxy groups -OCH3 is 1. The number of carbonyl (C=O) groups is 2. The van der Waals surface area contributed by atoms with Crippen molar-refractivity contribution in [1.29, 1.82) is 0 Å². The molecule has 0 spiro atoms. The van der Waals surface area contributed by atoms with E-state index in [1.807, 2.05) is 6.92 Å². The molecule has 1 aromatic heterocycles. The average molecular weight is 422 g/mol. The largest absolute Gasteiger partial charge is 0.491 e. The number of hydrogen-bond donors (Lipinski definition) is 1. The van der Waals surface area contributed by atoms with Gasteiger partial charge in [0.05, 0.1) is 19.8 Å². The molecular formula is C21H24F2N2O5. The molecule has 0 aliphatic carbocycles. The van der Waals surface area contributed by atoms with Gasteiger partial charge in [-0.15, -0.1) is 0 Å². The van der Waals surface area contributed by atoms with Gasteiger partial charge in [-0.05, 0) is 19.4 Å². The van der Waals surface area contributed by atoms with Gasteiger partial charge < -0.3 is 19.4 Å². The predicted octanol–water partition coefficient (Wildman–Crippen LogP) is 2.87. The smallest absolute Gasteiger partial charge is 0.257 e. The van der Waals surface area contributed by atoms with Crippen molar-refractivity contribution in [1.82, 2.24) is 9.88 Å². The number of amides is 1. The van der Waals surface area contributed by atoms with Crippen molar-refractivity contribution < 1.29 is 27.8 Å². The maximum atomic E-state index is 13.8. The number of hydrogen-bond acceptors (Lipinski definition) is 5. The molecule has 7 nitrogen and oxygen atoms in total. The van der Waals surface area contributed by atoms with Gasteiger partial charge in [-0.1, -0.05) is 13.0 Å². The van der Waals surface area contributed by atoms with Gasteiger partial charge >= 0.3 is 0 Å². The second-order valence-corrected chi connectivity index (χ2v) is 6.66. The van der Waals surface area contributed by atoms with Gasteiger partial charge in [-0.25, -0.2) is 8.78 Å². The van der Waals surface area contributed by atoms with Crippen LogP contribution in [0.2, 0.25) is 0 Å². The molecule has 30 heavy (non-hydrogen) atoms. The van der Waals surface area contributed by atoms with E-state index in [1.165, 1.54) is 23.9 Å². The Balaban J connectivity index is 2.35. The summed E-state index contributed by atoms with van der Waals surface area (Å²) in [5.41, 5.74) is -1.00. The maximum Gasteiger partial charge on any atom is 0.257 e. The van der Waals surface area contributed by atoms with Crippen LogP contribution < -0.4 is 15.5 Å². The SMILES string of the molecule is CCCOCC(C)n1cc(C(=O)NCc2ccc(F)cc2F)c(=O)c(OC)c1C=O. The number of ether oxygens (including phenoxy) is 2. The minimum absolute atomic E-state index is 0.0174. The first kappa shape index (κ1) is 23.2. The number of aldehydes is 1. The lowest BCUT2D eigenvalue weighted by Crippen LogP contribution is -2.32. The summed E-state index contributed by atoms with van der Waals surface area (Å²) in [6.45, 7) is 4.24. The van der Waals surface area contributed by atoms with Gasteiger partial charge in [-0.2, -0.15) is 0 Å². The summed E-state index contributed by atoms with van der Waals surface area (Å²) in [7, 11) is 1.22. The molecule has 1 atom stereocenters. The maximum absolute atomic E-state index is 13.8. The number of aromatic nitrogens is 1. The van der Waals surface area contributed by atoms with E-state index in [-0.39, 0.29) is 41.8 Å². The summed E-state index contributed by atoms with van der Waals surface area (Å²) in [4.78, 5) is 36.9. The zero-order valence-corrected chi connectivity index (χ0v) is 17.0. The molecule has 0 bridgehead atoms. The summed E-state index contributed by atoms with van der Waals surface area (Å²) < 4.78 is 38.8. The molecule has 2 aromatic rings. The fourth-order valence-electron chi connectivity index (χ4n) is 2.88. The lowest BCUT2D eigenvalue weighted by atomic mass is 10.1. The molecule has 1 N–H and O–H groups in total. The van der Waals surface area contributed by atoms with E-state index >= 15 is 0 Å². The third-order valence-corrected chi connectivity index (χ3v) is 4.43. The highest BCUT2D eigenvalue weighted by molar-refractivity contribution is 5.95. The van der Waals surface area contributed by atoms with Gasteiger partial charge in [0.25, 0.3) is 5.91 Å². The van der Waals surface area contributed by atoms with Crippen molar-refractivity contribution in [2.45, 2.75) is 32.9 Å². The van der Waals surface area contributed by atoms with Crippen molar-refractivity contribution in [3.8, 4) is 5.75 Å². The zero-order chi connectivity index (χ0) is 22.3. The number of benzene rings is 1. The minimum Gasteiger partial charge on any atom is -0.491 e. The van der Waals surface area contributed by atoms with E-state index in [0.29, 0.717) is 19.0 Å². The van der Waals surface area contributed by atoms with Crippen LogP contribution >= 0.6 is 0 Å². The number of nitrogens with one attached hydrogen (secondary N) is 1. The first-order valence-corrected chi connectivity index (χ1v) is 9.42. The molecule has 1 heterocycles. The van der Waals surface area contributed by atoms with Gasteiger partial charge in [0.15, 0.2) is 12.0 Å². The Morgan fingerprint density at radius 2 is 2.07 bits per heavy atom. The number of pyridine rings is 1. The van der Waals surface area contributed by atoms with Crippen molar-refractivity contribution in [3.05, 3.63) is 63.1 Å². The van der Waals surface area contributed by atoms with Gasteiger partial charge in [0.2, 0.25) is 5.43 Å². The molecular weight excluding hydrogens is 398 g/mol. The Morgan fingerprint density at radius 1 is 1.33 bits per heavy atom. The fourth-order valence-corrected chi connectivity index (χ4v) is 2.88. The number of rotatable bonds is 10. The molecule has 0 saturated carbocycles. The summed E-state index contributed by atoms with van der Waals surface area (Å²) in [5, 5.41) is 2.43. The van der Waals surface area contributed by atoms with Crippen molar-refractivity contribution in [3.63, 3.8) is 0 Å². The Kier molecular flexibility index (Phi) is 8.23. The lowest BCUT2D eigenvalue weighted by Gasteiger charge is -2.21. The molecule has 1 aromatic carbocycles. The van der Waals surface area contributed by atoms with Crippen LogP contribution in [0.5, 0.6) is 5.75 Å². The second kappa shape index (κ2) is 10.6. The lowest BCUT2D eigenvalue weighted by molar-refractivity contribution is 0.0939. The molecule has 162 valence electrons. The third kappa shape index (κ3) is 5.29. The zero-order valence-electron chi connectivity index (χ0n) is 17.0. The molecule has 2 rings (SSSR count). The Labute approximate surface area is 172 Å². The average Bonchev–Trinajstić information content (AvgIpc) is 2.72. The highest BCUT2D eigenvalue weighted by Gasteiger charge is 2.23. The quantitative estimate of drug-likeness (QED) is 0.470. The third-order valence-electron chi connectivity index (χ3n) is 4.43. The van der Waals surface area contributed by atoms with Gasteiger partial charge in [0, 0.05) is 31.0 Å². The Morgan fingerprint density at radius 3 is 2.67 bits per heavy atom. The molecule has 9 heteroatoms. The number of halogens is 2. The molecule has 0 saturated heterocycles. The topological polar surface area (TPSA) is 86.6 Å². The predicted molar refractivity (Wildman–Crippen MR) is 106 cm³/mol. The Hall–Kier alpha value is -3.07. The van der Waals surface area contributed by atoms with Crippen LogP contribution in [-0.2, 0) is 11.3 Å². The van der Waals surface area contributed by atoms with Crippen LogP contribution in [0.4, 0.5) is 8.78 Å². The van der Waals surface area contributed by atoms with Crippen LogP contribution in [0.15, 0.2) is 29.2 Å². The highest BCUT2D eigenvalue weighted by Crippen LogP contribution is 2.19. The molecule has 0 aliphatic heterocycles. The molecule has 0 aliphatic rings. The molecule has 0 fully saturated rings. The van der Waals surface area contributed by atoms with Crippen LogP contribution in [0.3, 0.4) is 0 Å². The van der Waals surface area contributed by atoms with Crippen LogP contribution in [0, 0.1) is 11.6 Å². The van der Waals surface area contributed by atoms with Crippen LogP contribution in [0.1, 0.15) is 52.7 Å². The summed E-state index contributed by atoms with van der Waals surface area (Å²) in [6, 6.07) is 2.60. The van der Waals surface area contributed by atoms with Crippen LogP contribution in [-0.4, -0.2) is 37.1 Å². The standard InChI is InChI=1S/C21H24F2N2O5/c1-4-7-30-12-13(2)25-10-16(19(27)20(29-3)18(25)11-26)21(28)24-9-14-5-6-15(22)8-17(14)23/h5-6,8,10-11,13H,4,7,9,12H2,1-3H3,(H,24,28). The Bertz CT molecular complexity index is 975. The second-order valence-electron chi connectivity index (χ2n) is 6.66. The summed E-state index contributed by atoms with van der Waals surface area (Å²) in [6.07, 6.45) is 2.55. The minimum atomic E-state index is -0.816. The van der Waals surface area contributed by atoms with E-state index < -0.39 is 23.0 Å². The summed E-state index contributed by atoms with van der Waals surface area (Å²) >= 11 is 0. The van der Waals surface area contributed by atoms with Crippen molar-refractivity contribution in [2.24, 2.45) is 0 Å². The van der Waals surface area contributed by atoms with E-state index in [2.05, 4.69) is 5.32 Å². The number of carbonyl (C=O) groups excluding carboxylic acids is 2. The fraction of sp³-hybridized carbons (Fsp3) is 0.381. The van der Waals surface area contributed by atoms with Gasteiger partial charge in [-0.3, -0.25) is 14.4 Å². The summed E-state index contributed by atoms with van der Waals surface area (Å²) in [5.74, 6) is -2.61.